The molecule has 0 aliphatic rings. The van der Waals surface area contributed by atoms with Gasteiger partial charge >= 0.3 is 0 Å². The van der Waals surface area contributed by atoms with Crippen LogP contribution in [0.5, 0.6) is 0 Å². The number of pyridine rings is 6. The highest BCUT2D eigenvalue weighted by Crippen LogP contribution is 2.46. The number of amides is 1. The highest BCUT2D eigenvalue weighted by molar-refractivity contribution is 7.16. The van der Waals surface area contributed by atoms with E-state index < -0.39 is 0 Å². The summed E-state index contributed by atoms with van der Waals surface area (Å²) in [5.41, 5.74) is 15.5. The van der Waals surface area contributed by atoms with Gasteiger partial charge in [-0.2, -0.15) is 10.2 Å². The fraction of sp³-hybridized carbons (Fsp3) is 0.157. The van der Waals surface area contributed by atoms with E-state index in [-0.39, 0.29) is 11.8 Å². The minimum absolute atomic E-state index is 0.0805. The summed E-state index contributed by atoms with van der Waals surface area (Å²) in [6, 6.07) is 16.3. The number of hydrogen-bond donors (Lipinski definition) is 4. The summed E-state index contributed by atoms with van der Waals surface area (Å²) in [6.07, 6.45) is 14.7. The fourth-order valence-electron chi connectivity index (χ4n) is 8.90. The van der Waals surface area contributed by atoms with E-state index in [0.29, 0.717) is 51.9 Å². The molecule has 0 spiro atoms. The van der Waals surface area contributed by atoms with E-state index in [9.17, 15) is 4.79 Å². The molecule has 0 radical (unpaired) electrons. The number of rotatable bonds is 10. The SMILES string of the molecule is Cc1ccc(-c2cncc3[nH]c(-c4nn(C)c5c(-c6cc(C)sc6-c6cncc7[nH]c(-c8n[nH]c9ccc(-c%10cnccc%10C)nc89)nc67)cc(-c6cncc(NC(=O)CC(C)C)c6)nc45)nc23)s1. The molecule has 1 amide bonds. The molecule has 12 aromatic rings. The van der Waals surface area contributed by atoms with E-state index >= 15 is 0 Å². The molecule has 338 valence electrons. The highest BCUT2D eigenvalue weighted by Gasteiger charge is 2.26. The molecule has 0 saturated carbocycles. The third-order valence-corrected chi connectivity index (χ3v) is 14.2. The van der Waals surface area contributed by atoms with Crippen LogP contribution in [0.25, 0.3) is 122 Å². The Balaban J connectivity index is 1.03. The summed E-state index contributed by atoms with van der Waals surface area (Å²) in [6.45, 7) is 10.3. The minimum Gasteiger partial charge on any atom is -0.335 e. The molecule has 12 heterocycles. The molecular weight excluding hydrogens is 903 g/mol. The average Bonchev–Trinajstić information content (AvgIpc) is 4.21. The van der Waals surface area contributed by atoms with Crippen LogP contribution in [-0.4, -0.2) is 75.7 Å². The first-order chi connectivity index (χ1) is 33.5. The summed E-state index contributed by atoms with van der Waals surface area (Å²) < 4.78 is 1.87. The first-order valence-corrected chi connectivity index (χ1v) is 23.9. The van der Waals surface area contributed by atoms with Gasteiger partial charge in [0.25, 0.3) is 0 Å². The number of nitrogens with one attached hydrogen (secondary N) is 4. The van der Waals surface area contributed by atoms with E-state index in [4.69, 9.17) is 35.1 Å². The van der Waals surface area contributed by atoms with Crippen molar-refractivity contribution in [3.63, 3.8) is 0 Å². The highest BCUT2D eigenvalue weighted by atomic mass is 32.1. The first kappa shape index (κ1) is 42.0. The Bertz CT molecular complexity index is 4000. The number of nitrogens with zero attached hydrogens (tertiary/aromatic N) is 11. The number of hydrogen-bond acceptors (Lipinski definition) is 13. The number of carbonyl (C=O) groups excluding carboxylic acids is 1. The molecular formula is C51H41N15OS2. The fourth-order valence-corrected chi connectivity index (χ4v) is 10.8. The van der Waals surface area contributed by atoms with Gasteiger partial charge in [0.2, 0.25) is 5.91 Å². The van der Waals surface area contributed by atoms with Crippen molar-refractivity contribution in [2.24, 2.45) is 13.0 Å². The van der Waals surface area contributed by atoms with Gasteiger partial charge in [0.1, 0.15) is 22.1 Å². The van der Waals surface area contributed by atoms with Gasteiger partial charge in [-0.05, 0) is 80.8 Å². The van der Waals surface area contributed by atoms with Crippen molar-refractivity contribution in [3.05, 3.63) is 113 Å². The number of aryl methyl sites for hydroxylation is 4. The lowest BCUT2D eigenvalue weighted by atomic mass is 9.99. The summed E-state index contributed by atoms with van der Waals surface area (Å²) in [7, 11) is 1.93. The predicted molar refractivity (Wildman–Crippen MR) is 273 cm³/mol. The van der Waals surface area contributed by atoms with Gasteiger partial charge in [-0.15, -0.1) is 22.7 Å². The zero-order valence-electron chi connectivity index (χ0n) is 38.2. The van der Waals surface area contributed by atoms with Crippen LogP contribution < -0.4 is 5.32 Å². The van der Waals surface area contributed by atoms with Crippen LogP contribution in [0.2, 0.25) is 0 Å². The Morgan fingerprint density at radius 3 is 2.16 bits per heavy atom. The van der Waals surface area contributed by atoms with Gasteiger partial charge in [-0.25, -0.2) is 19.9 Å². The van der Waals surface area contributed by atoms with E-state index in [2.05, 4.69) is 73.4 Å². The number of carbonyl (C=O) groups is 1. The number of aromatic amines is 3. The molecule has 0 aliphatic carbocycles. The standard InChI is InChI=1S/C51H41N15OS2/c1-24(2)13-41(67)56-29-15-28(17-53-18-29)37-16-30(48-45(58-37)47(65-66(48)6)51-60-38-22-54-20-33(42(38)61-51)40-10-7-26(4)68-40)31-14-27(5)69-49(31)34-21-55-23-39-43(34)62-50(59-39)46-44-36(63-64-46)9-8-35(57-44)32-19-52-12-11-25(32)3/h7-12,14-24H,13H2,1-6H3,(H,56,67)(H,59,62)(H,60,61)(H,63,64). The minimum atomic E-state index is -0.0805. The Hall–Kier alpha value is -8.35. The molecule has 12 aromatic heterocycles. The second-order valence-electron chi connectivity index (χ2n) is 17.5. The number of imidazole rings is 2. The van der Waals surface area contributed by atoms with Crippen LogP contribution in [0.3, 0.4) is 0 Å². The Morgan fingerprint density at radius 2 is 1.39 bits per heavy atom. The number of H-pyrrole nitrogens is 3. The summed E-state index contributed by atoms with van der Waals surface area (Å²) in [4.78, 5) is 63.3. The lowest BCUT2D eigenvalue weighted by Gasteiger charge is -2.12. The maximum Gasteiger partial charge on any atom is 0.224 e. The lowest BCUT2D eigenvalue weighted by molar-refractivity contribution is -0.116. The second kappa shape index (κ2) is 16.5. The third kappa shape index (κ3) is 7.40. The molecule has 0 unspecified atom stereocenters. The van der Waals surface area contributed by atoms with Crippen LogP contribution in [0.15, 0.2) is 98.1 Å². The average molecular weight is 944 g/mol. The molecule has 16 nitrogen and oxygen atoms in total. The zero-order valence-corrected chi connectivity index (χ0v) is 39.8. The topological polar surface area (TPSA) is 210 Å². The molecule has 69 heavy (non-hydrogen) atoms. The number of thiophene rings is 2. The van der Waals surface area contributed by atoms with Crippen LogP contribution in [0, 0.1) is 26.7 Å². The number of fused-ring (bicyclic) bond motifs is 4. The Labute approximate surface area is 401 Å². The van der Waals surface area contributed by atoms with Crippen molar-refractivity contribution < 1.29 is 4.79 Å². The van der Waals surface area contributed by atoms with E-state index in [1.807, 2.05) is 75.4 Å². The quantitative estimate of drug-likeness (QED) is 0.101. The van der Waals surface area contributed by atoms with Gasteiger partial charge in [-0.1, -0.05) is 13.8 Å². The van der Waals surface area contributed by atoms with Crippen LogP contribution in [0.4, 0.5) is 5.69 Å². The molecule has 12 rings (SSSR count). The van der Waals surface area contributed by atoms with Crippen molar-refractivity contribution in [1.82, 2.24) is 69.8 Å². The predicted octanol–water partition coefficient (Wildman–Crippen LogP) is 11.3. The van der Waals surface area contributed by atoms with Gasteiger partial charge in [0.15, 0.2) is 23.0 Å². The van der Waals surface area contributed by atoms with Crippen LogP contribution in [0.1, 0.15) is 35.6 Å². The van der Waals surface area contributed by atoms with Crippen LogP contribution in [-0.2, 0) is 11.8 Å². The van der Waals surface area contributed by atoms with Gasteiger partial charge < -0.3 is 15.3 Å². The monoisotopic (exact) mass is 943 g/mol. The Kier molecular flexibility index (Phi) is 10.0. The van der Waals surface area contributed by atoms with Gasteiger partial charge in [-0.3, -0.25) is 34.5 Å². The van der Waals surface area contributed by atoms with Crippen molar-refractivity contribution in [3.8, 4) is 77.6 Å². The lowest BCUT2D eigenvalue weighted by Crippen LogP contribution is -2.14. The Morgan fingerprint density at radius 1 is 0.652 bits per heavy atom. The third-order valence-electron chi connectivity index (χ3n) is 12.1. The second-order valence-corrected chi connectivity index (χ2v) is 20.1. The summed E-state index contributed by atoms with van der Waals surface area (Å²) in [5.74, 6) is 1.24. The normalized spacial score (nSPS) is 11.9. The molecule has 0 atom stereocenters. The smallest absolute Gasteiger partial charge is 0.224 e. The molecule has 0 bridgehead atoms. The van der Waals surface area contributed by atoms with Crippen molar-refractivity contribution in [2.75, 3.05) is 5.32 Å². The van der Waals surface area contributed by atoms with Crippen LogP contribution >= 0.6 is 22.7 Å². The zero-order chi connectivity index (χ0) is 47.1. The van der Waals surface area contributed by atoms with Crippen molar-refractivity contribution in [2.45, 2.75) is 41.0 Å². The molecule has 18 heteroatoms. The number of aromatic nitrogens is 14. The van der Waals surface area contributed by atoms with Crippen molar-refractivity contribution >= 4 is 78.4 Å². The molecule has 0 fully saturated rings. The van der Waals surface area contributed by atoms with E-state index in [1.165, 1.54) is 4.88 Å². The molecule has 0 aliphatic heterocycles. The maximum absolute atomic E-state index is 12.9. The van der Waals surface area contributed by atoms with Gasteiger partial charge in [0, 0.05) is 97.3 Å². The molecule has 0 aromatic carbocycles. The van der Waals surface area contributed by atoms with E-state index in [1.54, 1.807) is 53.7 Å². The largest absolute Gasteiger partial charge is 0.335 e. The molecule has 4 N–H and O–H groups in total. The summed E-state index contributed by atoms with van der Waals surface area (Å²) >= 11 is 3.36. The van der Waals surface area contributed by atoms with E-state index in [0.717, 1.165) is 92.4 Å². The number of anilines is 1. The molecule has 0 saturated heterocycles. The summed E-state index contributed by atoms with van der Waals surface area (Å²) in [5, 5.41) is 16.0. The first-order valence-electron chi connectivity index (χ1n) is 22.3. The van der Waals surface area contributed by atoms with Crippen molar-refractivity contribution in [1.29, 1.82) is 0 Å². The maximum atomic E-state index is 12.9. The van der Waals surface area contributed by atoms with Gasteiger partial charge in [0.05, 0.1) is 57.7 Å².